The summed E-state index contributed by atoms with van der Waals surface area (Å²) >= 11 is 0. The summed E-state index contributed by atoms with van der Waals surface area (Å²) in [6, 6.07) is 7.04. The molecule has 0 aromatic heterocycles. The average Bonchev–Trinajstić information content (AvgIpc) is 2.42. The summed E-state index contributed by atoms with van der Waals surface area (Å²) in [7, 11) is 3.98. The second kappa shape index (κ2) is 10.6. The van der Waals surface area contributed by atoms with Gasteiger partial charge in [0.15, 0.2) is 0 Å². The Morgan fingerprint density at radius 2 is 1.90 bits per heavy atom. The predicted molar refractivity (Wildman–Crippen MR) is 87.7 cm³/mol. The van der Waals surface area contributed by atoms with Gasteiger partial charge in [-0.2, -0.15) is 0 Å². The molecule has 0 fully saturated rings. The molecule has 0 aliphatic heterocycles. The van der Waals surface area contributed by atoms with Gasteiger partial charge < -0.3 is 20.7 Å². The maximum absolute atomic E-state index is 11.9. The largest absolute Gasteiger partial charge is 0.378 e. The van der Waals surface area contributed by atoms with E-state index in [9.17, 15) is 4.79 Å². The Morgan fingerprint density at radius 1 is 1.29 bits per heavy atom. The van der Waals surface area contributed by atoms with Crippen molar-refractivity contribution in [3.05, 3.63) is 35.4 Å². The van der Waals surface area contributed by atoms with Crippen molar-refractivity contribution in [2.45, 2.75) is 13.0 Å². The normalized spacial score (nSPS) is 11.9. The SMILES string of the molecule is Cc1ccc(C(N)C(=O)NCCOCCN(C)C)cc1.Cl. The molecular formula is C15H26ClN3O2. The molecule has 1 atom stereocenters. The third-order valence-electron chi connectivity index (χ3n) is 2.95. The van der Waals surface area contributed by atoms with Crippen LogP contribution in [0.15, 0.2) is 24.3 Å². The van der Waals surface area contributed by atoms with Gasteiger partial charge in [-0.1, -0.05) is 29.8 Å². The van der Waals surface area contributed by atoms with E-state index in [0.717, 1.165) is 17.7 Å². The molecule has 0 spiro atoms. The molecule has 1 aromatic rings. The summed E-state index contributed by atoms with van der Waals surface area (Å²) in [4.78, 5) is 13.9. The first-order chi connectivity index (χ1) is 9.50. The summed E-state index contributed by atoms with van der Waals surface area (Å²) in [5.41, 5.74) is 7.88. The number of rotatable bonds is 8. The van der Waals surface area contributed by atoms with Crippen molar-refractivity contribution in [3.63, 3.8) is 0 Å². The molecule has 0 saturated carbocycles. The highest BCUT2D eigenvalue weighted by Crippen LogP contribution is 2.11. The quantitative estimate of drug-likeness (QED) is 0.705. The van der Waals surface area contributed by atoms with Crippen molar-refractivity contribution in [2.24, 2.45) is 5.73 Å². The standard InChI is InChI=1S/C15H25N3O2.ClH/c1-12-4-6-13(7-5-12)14(16)15(19)17-8-10-20-11-9-18(2)3;/h4-7,14H,8-11,16H2,1-3H3,(H,17,19);1H. The number of amides is 1. The number of halogens is 1. The average molecular weight is 316 g/mol. The van der Waals surface area contributed by atoms with Gasteiger partial charge in [0.1, 0.15) is 6.04 Å². The molecule has 21 heavy (non-hydrogen) atoms. The number of ether oxygens (including phenoxy) is 1. The van der Waals surface area contributed by atoms with E-state index in [4.69, 9.17) is 10.5 Å². The number of nitrogens with one attached hydrogen (secondary N) is 1. The van der Waals surface area contributed by atoms with Crippen molar-refractivity contribution >= 4 is 18.3 Å². The van der Waals surface area contributed by atoms with Gasteiger partial charge in [0.05, 0.1) is 13.2 Å². The maximum atomic E-state index is 11.9. The molecule has 1 unspecified atom stereocenters. The van der Waals surface area contributed by atoms with E-state index < -0.39 is 6.04 Å². The lowest BCUT2D eigenvalue weighted by Gasteiger charge is -2.13. The summed E-state index contributed by atoms with van der Waals surface area (Å²) in [6.07, 6.45) is 0. The van der Waals surface area contributed by atoms with E-state index in [2.05, 4.69) is 5.32 Å². The van der Waals surface area contributed by atoms with Crippen LogP contribution in [0, 0.1) is 6.92 Å². The van der Waals surface area contributed by atoms with Crippen LogP contribution in [0.4, 0.5) is 0 Å². The van der Waals surface area contributed by atoms with Gasteiger partial charge in [0.25, 0.3) is 0 Å². The van der Waals surface area contributed by atoms with Gasteiger partial charge in [-0.15, -0.1) is 12.4 Å². The smallest absolute Gasteiger partial charge is 0.241 e. The summed E-state index contributed by atoms with van der Waals surface area (Å²) < 4.78 is 5.40. The number of benzene rings is 1. The Morgan fingerprint density at radius 3 is 2.48 bits per heavy atom. The number of aryl methyl sites for hydroxylation is 1. The second-order valence-electron chi connectivity index (χ2n) is 5.10. The first-order valence-electron chi connectivity index (χ1n) is 6.83. The van der Waals surface area contributed by atoms with E-state index in [1.165, 1.54) is 0 Å². The van der Waals surface area contributed by atoms with Crippen LogP contribution in [-0.4, -0.2) is 51.2 Å². The number of hydrogen-bond donors (Lipinski definition) is 2. The van der Waals surface area contributed by atoms with Gasteiger partial charge >= 0.3 is 0 Å². The van der Waals surface area contributed by atoms with Crippen LogP contribution in [0.1, 0.15) is 17.2 Å². The monoisotopic (exact) mass is 315 g/mol. The molecule has 1 aromatic carbocycles. The number of nitrogens with zero attached hydrogens (tertiary/aromatic N) is 1. The highest BCUT2D eigenvalue weighted by atomic mass is 35.5. The minimum Gasteiger partial charge on any atom is -0.378 e. The van der Waals surface area contributed by atoms with Crippen LogP contribution in [0.2, 0.25) is 0 Å². The number of nitrogens with two attached hydrogens (primary N) is 1. The minimum atomic E-state index is -0.627. The fourth-order valence-electron chi connectivity index (χ4n) is 1.63. The molecule has 0 heterocycles. The highest BCUT2D eigenvalue weighted by molar-refractivity contribution is 5.85. The van der Waals surface area contributed by atoms with E-state index in [0.29, 0.717) is 19.8 Å². The van der Waals surface area contributed by atoms with Gasteiger partial charge in [-0.3, -0.25) is 4.79 Å². The van der Waals surface area contributed by atoms with E-state index >= 15 is 0 Å². The lowest BCUT2D eigenvalue weighted by atomic mass is 10.1. The van der Waals surface area contributed by atoms with Crippen molar-refractivity contribution < 1.29 is 9.53 Å². The minimum absolute atomic E-state index is 0. The van der Waals surface area contributed by atoms with Crippen molar-refractivity contribution in [1.29, 1.82) is 0 Å². The third kappa shape index (κ3) is 8.02. The highest BCUT2D eigenvalue weighted by Gasteiger charge is 2.14. The molecule has 3 N–H and O–H groups in total. The molecule has 0 saturated heterocycles. The summed E-state index contributed by atoms with van der Waals surface area (Å²) in [5, 5.41) is 2.78. The van der Waals surface area contributed by atoms with Crippen molar-refractivity contribution in [3.8, 4) is 0 Å². The summed E-state index contributed by atoms with van der Waals surface area (Å²) in [5.74, 6) is -0.176. The molecule has 0 radical (unpaired) electrons. The number of carbonyl (C=O) groups excluding carboxylic acids is 1. The molecule has 0 aliphatic carbocycles. The van der Waals surface area contributed by atoms with E-state index in [1.807, 2.05) is 50.2 Å². The number of hydrogen-bond acceptors (Lipinski definition) is 4. The van der Waals surface area contributed by atoms with Crippen LogP contribution in [-0.2, 0) is 9.53 Å². The van der Waals surface area contributed by atoms with Gasteiger partial charge in [0.2, 0.25) is 5.91 Å². The molecular weight excluding hydrogens is 290 g/mol. The lowest BCUT2D eigenvalue weighted by molar-refractivity contribution is -0.122. The molecule has 5 nitrogen and oxygen atoms in total. The van der Waals surface area contributed by atoms with Gasteiger partial charge in [-0.25, -0.2) is 0 Å². The lowest BCUT2D eigenvalue weighted by Crippen LogP contribution is -2.36. The Balaban J connectivity index is 0.00000400. The molecule has 1 amide bonds. The number of carbonyl (C=O) groups is 1. The predicted octanol–water partition coefficient (Wildman–Crippen LogP) is 1.11. The molecule has 1 rings (SSSR count). The zero-order chi connectivity index (χ0) is 15.0. The fraction of sp³-hybridized carbons (Fsp3) is 0.533. The van der Waals surface area contributed by atoms with E-state index in [1.54, 1.807) is 0 Å². The van der Waals surface area contributed by atoms with E-state index in [-0.39, 0.29) is 18.3 Å². The molecule has 0 aliphatic rings. The summed E-state index contributed by atoms with van der Waals surface area (Å²) in [6.45, 7) is 4.51. The van der Waals surface area contributed by atoms with Crippen LogP contribution < -0.4 is 11.1 Å². The van der Waals surface area contributed by atoms with Crippen LogP contribution in [0.3, 0.4) is 0 Å². The third-order valence-corrected chi connectivity index (χ3v) is 2.95. The molecule has 120 valence electrons. The van der Waals surface area contributed by atoms with Gasteiger partial charge in [-0.05, 0) is 26.6 Å². The van der Waals surface area contributed by atoms with Crippen LogP contribution >= 0.6 is 12.4 Å². The Kier molecular flexibility index (Phi) is 9.99. The van der Waals surface area contributed by atoms with Crippen molar-refractivity contribution in [2.75, 3.05) is 40.4 Å². The second-order valence-corrected chi connectivity index (χ2v) is 5.10. The Labute approximate surface area is 133 Å². The topological polar surface area (TPSA) is 67.6 Å². The van der Waals surface area contributed by atoms with Crippen LogP contribution in [0.25, 0.3) is 0 Å². The maximum Gasteiger partial charge on any atom is 0.241 e. The first kappa shape index (κ1) is 19.9. The number of likely N-dealkylation sites (N-methyl/N-ethyl adjacent to an activating group) is 1. The van der Waals surface area contributed by atoms with Gasteiger partial charge in [0, 0.05) is 13.1 Å². The fourth-order valence-corrected chi connectivity index (χ4v) is 1.63. The Bertz CT molecular complexity index is 410. The first-order valence-corrected chi connectivity index (χ1v) is 6.83. The van der Waals surface area contributed by atoms with Crippen LogP contribution in [0.5, 0.6) is 0 Å². The zero-order valence-electron chi connectivity index (χ0n) is 13.0. The Hall–Kier alpha value is -1.14. The molecule has 0 bridgehead atoms. The molecule has 6 heteroatoms. The van der Waals surface area contributed by atoms with Crippen molar-refractivity contribution in [1.82, 2.24) is 10.2 Å². The zero-order valence-corrected chi connectivity index (χ0v) is 13.8.